The van der Waals surface area contributed by atoms with E-state index in [0.29, 0.717) is 25.0 Å². The number of carbonyl (C=O) groups excluding carboxylic acids is 2. The van der Waals surface area contributed by atoms with Crippen LogP contribution in [0, 0.1) is 0 Å². The minimum atomic E-state index is -4.95. The first-order chi connectivity index (χ1) is 22.5. The second-order valence-corrected chi connectivity index (χ2v) is 15.4. The van der Waals surface area contributed by atoms with E-state index in [0.717, 1.165) is 25.0 Å². The summed E-state index contributed by atoms with van der Waals surface area (Å²) in [4.78, 5) is 25.0. The van der Waals surface area contributed by atoms with Gasteiger partial charge in [0.25, 0.3) is 11.1 Å². The maximum absolute atomic E-state index is 13.4. The summed E-state index contributed by atoms with van der Waals surface area (Å²) in [6.07, 6.45) is -6.29. The van der Waals surface area contributed by atoms with Crippen molar-refractivity contribution >= 4 is 48.4 Å². The average molecular weight is 764 g/mol. The highest BCUT2D eigenvalue weighted by Crippen LogP contribution is 2.38. The summed E-state index contributed by atoms with van der Waals surface area (Å²) in [5.74, 6) is -2.40. The highest BCUT2D eigenvalue weighted by atomic mass is 35.5. The summed E-state index contributed by atoms with van der Waals surface area (Å²) in [5, 5.41) is -1.04. The molecular weight excluding hydrogens is 724 g/mol. The quantitative estimate of drug-likeness (QED) is 0.0667. The molecule has 9 nitrogen and oxygen atoms in total. The van der Waals surface area contributed by atoms with E-state index in [1.54, 1.807) is 13.8 Å². The fourth-order valence-corrected chi connectivity index (χ4v) is 8.10. The van der Waals surface area contributed by atoms with Gasteiger partial charge in [0.05, 0.1) is 32.4 Å². The Kier molecular flexibility index (Phi) is 16.3. The van der Waals surface area contributed by atoms with E-state index in [2.05, 4.69) is 4.99 Å². The van der Waals surface area contributed by atoms with Gasteiger partial charge in [0.15, 0.2) is 25.6 Å². The number of alkyl halides is 6. The largest absolute Gasteiger partial charge is 0.417 e. The van der Waals surface area contributed by atoms with Crippen LogP contribution in [-0.4, -0.2) is 45.5 Å². The van der Waals surface area contributed by atoms with Crippen LogP contribution in [0.5, 0.6) is 0 Å². The van der Waals surface area contributed by atoms with Crippen LogP contribution in [0.15, 0.2) is 39.0 Å². The number of sulfone groups is 2. The molecule has 0 radical (unpaired) electrons. The lowest BCUT2D eigenvalue weighted by molar-refractivity contribution is -0.140. The Labute approximate surface area is 287 Å². The molecule has 2 aromatic rings. The van der Waals surface area contributed by atoms with E-state index in [9.17, 15) is 52.8 Å². The van der Waals surface area contributed by atoms with E-state index < -0.39 is 75.8 Å². The molecule has 0 heterocycles. The first-order valence-corrected chi connectivity index (χ1v) is 18.9. The zero-order chi connectivity index (χ0) is 38.0. The molecule has 2 aromatic carbocycles. The van der Waals surface area contributed by atoms with Crippen molar-refractivity contribution in [1.29, 1.82) is 0 Å². The van der Waals surface area contributed by atoms with Crippen LogP contribution in [0.3, 0.4) is 0 Å². The van der Waals surface area contributed by atoms with E-state index in [1.807, 2.05) is 13.8 Å². The first kappa shape index (κ1) is 43.8. The van der Waals surface area contributed by atoms with Crippen LogP contribution in [-0.2, 0) is 44.9 Å². The number of aryl methyl sites for hydroxylation is 2. The molecular formula is C31H40ClF6N3O6S2. The molecule has 0 atom stereocenters. The number of hydrogen-bond donors (Lipinski definition) is 2. The summed E-state index contributed by atoms with van der Waals surface area (Å²) in [5.41, 5.74) is 7.11. The minimum Gasteiger partial charge on any atom is -0.370 e. The number of amides is 1. The Morgan fingerprint density at radius 1 is 0.673 bits per heavy atom. The highest BCUT2D eigenvalue weighted by molar-refractivity contribution is 7.91. The van der Waals surface area contributed by atoms with Crippen molar-refractivity contribution in [3.8, 4) is 0 Å². The van der Waals surface area contributed by atoms with Gasteiger partial charge < -0.3 is 11.5 Å². The molecule has 0 bridgehead atoms. The highest BCUT2D eigenvalue weighted by Gasteiger charge is 2.39. The molecule has 0 aromatic heterocycles. The van der Waals surface area contributed by atoms with Crippen molar-refractivity contribution in [2.75, 3.05) is 11.5 Å². The predicted molar refractivity (Wildman–Crippen MR) is 175 cm³/mol. The molecule has 0 aliphatic heterocycles. The monoisotopic (exact) mass is 763 g/mol. The second kappa shape index (κ2) is 18.2. The fourth-order valence-electron chi connectivity index (χ4n) is 4.65. The molecule has 49 heavy (non-hydrogen) atoms. The number of aliphatic imine (C=N–C) groups is 1. The molecule has 0 spiro atoms. The summed E-state index contributed by atoms with van der Waals surface area (Å²) < 4.78 is 130. The van der Waals surface area contributed by atoms with Gasteiger partial charge in [-0.25, -0.2) is 16.8 Å². The van der Waals surface area contributed by atoms with Crippen LogP contribution < -0.4 is 11.5 Å². The standard InChI is InChI=1S/C16H22F3N3O3S.C15H18ClF3O3S/c1-3-5-6-7-26(24,25)13-8-10(4-2)11(14(23)22-15(20)21)9-12(13)16(17,18)19;1-3-5-6-7-23(21,22)13-8-10(4-2)11(14(16)20)9-12(13)15(17,18)19/h8-9H,3-7H2,1-2H3,(H4,20,21,22,23);8-9H,3-7H2,1-2H3. The van der Waals surface area contributed by atoms with Crippen molar-refractivity contribution in [2.45, 2.75) is 101 Å². The maximum Gasteiger partial charge on any atom is 0.417 e. The van der Waals surface area contributed by atoms with Crippen LogP contribution >= 0.6 is 11.6 Å². The van der Waals surface area contributed by atoms with E-state index in [-0.39, 0.29) is 53.7 Å². The molecule has 0 unspecified atom stereocenters. The van der Waals surface area contributed by atoms with Crippen molar-refractivity contribution < 1.29 is 52.8 Å². The normalized spacial score (nSPS) is 12.2. The minimum absolute atomic E-state index is 0.127. The SMILES string of the molecule is CCCCCS(=O)(=O)c1cc(CC)c(C(=O)Cl)cc1C(F)(F)F.CCCCCS(=O)(=O)c1cc(CC)c(C(=O)N=C(N)N)cc1C(F)(F)F. The van der Waals surface area contributed by atoms with Crippen molar-refractivity contribution in [1.82, 2.24) is 0 Å². The van der Waals surface area contributed by atoms with Crippen LogP contribution in [0.1, 0.15) is 109 Å². The molecule has 276 valence electrons. The third-order valence-electron chi connectivity index (χ3n) is 7.16. The summed E-state index contributed by atoms with van der Waals surface area (Å²) in [7, 11) is -8.26. The number of nitrogens with two attached hydrogens (primary N) is 2. The number of hydrogen-bond acceptors (Lipinski definition) is 6. The lowest BCUT2D eigenvalue weighted by atomic mass is 10.0. The number of guanidine groups is 1. The molecule has 0 saturated heterocycles. The lowest BCUT2D eigenvalue weighted by Crippen LogP contribution is -2.25. The van der Waals surface area contributed by atoms with E-state index >= 15 is 0 Å². The maximum atomic E-state index is 13.4. The Balaban J connectivity index is 0.000000494. The van der Waals surface area contributed by atoms with Crippen molar-refractivity contribution in [2.24, 2.45) is 16.5 Å². The zero-order valence-corrected chi connectivity index (χ0v) is 29.8. The number of rotatable bonds is 14. The third-order valence-corrected chi connectivity index (χ3v) is 11.0. The number of benzene rings is 2. The van der Waals surface area contributed by atoms with Gasteiger partial charge in [0, 0.05) is 11.1 Å². The van der Waals surface area contributed by atoms with Gasteiger partial charge in [-0.2, -0.15) is 31.3 Å². The second-order valence-electron chi connectivity index (χ2n) is 10.9. The van der Waals surface area contributed by atoms with Crippen LogP contribution in [0.4, 0.5) is 26.3 Å². The first-order valence-electron chi connectivity index (χ1n) is 15.3. The molecule has 0 aliphatic carbocycles. The Bertz CT molecular complexity index is 1740. The molecule has 2 rings (SSSR count). The van der Waals surface area contributed by atoms with Gasteiger partial charge >= 0.3 is 12.4 Å². The fraction of sp³-hybridized carbons (Fsp3) is 0.516. The van der Waals surface area contributed by atoms with Gasteiger partial charge in [-0.1, -0.05) is 53.4 Å². The number of nitrogens with zero attached hydrogens (tertiary/aromatic N) is 1. The molecule has 0 aliphatic rings. The topological polar surface area (TPSA) is 167 Å². The van der Waals surface area contributed by atoms with Crippen LogP contribution in [0.25, 0.3) is 0 Å². The van der Waals surface area contributed by atoms with Crippen molar-refractivity contribution in [3.63, 3.8) is 0 Å². The van der Waals surface area contributed by atoms with Gasteiger partial charge in [-0.3, -0.25) is 9.59 Å². The molecule has 1 amide bonds. The third kappa shape index (κ3) is 12.6. The summed E-state index contributed by atoms with van der Waals surface area (Å²) in [6.45, 7) is 6.92. The van der Waals surface area contributed by atoms with Gasteiger partial charge in [0.2, 0.25) is 0 Å². The molecule has 0 saturated carbocycles. The number of unbranched alkanes of at least 4 members (excludes halogenated alkanes) is 4. The van der Waals surface area contributed by atoms with Gasteiger partial charge in [-0.15, -0.1) is 0 Å². The Hall–Kier alpha value is -3.18. The Morgan fingerprint density at radius 3 is 1.35 bits per heavy atom. The summed E-state index contributed by atoms with van der Waals surface area (Å²) in [6, 6.07) is 2.89. The number of halogens is 7. The van der Waals surface area contributed by atoms with Gasteiger partial charge in [0.1, 0.15) is 0 Å². The Morgan fingerprint density at radius 2 is 1.04 bits per heavy atom. The predicted octanol–water partition coefficient (Wildman–Crippen LogP) is 7.26. The van der Waals surface area contributed by atoms with E-state index in [4.69, 9.17) is 23.1 Å². The molecule has 0 fully saturated rings. The van der Waals surface area contributed by atoms with Crippen LogP contribution in [0.2, 0.25) is 0 Å². The number of carbonyl (C=O) groups is 2. The summed E-state index contributed by atoms with van der Waals surface area (Å²) >= 11 is 5.32. The average Bonchev–Trinajstić information content (AvgIpc) is 2.98. The van der Waals surface area contributed by atoms with Gasteiger partial charge in [-0.05, 0) is 72.7 Å². The zero-order valence-electron chi connectivity index (χ0n) is 27.4. The smallest absolute Gasteiger partial charge is 0.370 e. The molecule has 4 N–H and O–H groups in total. The molecule has 18 heteroatoms. The lowest BCUT2D eigenvalue weighted by Gasteiger charge is -2.17. The van der Waals surface area contributed by atoms with Crippen molar-refractivity contribution in [3.05, 3.63) is 57.6 Å². The van der Waals surface area contributed by atoms with E-state index in [1.165, 1.54) is 0 Å².